The third-order valence-corrected chi connectivity index (χ3v) is 34.8. The standard InChI is InChI=1S/C25H41NO6.C21H33NO7.C21H33NO6.C21H33NO5.C20H31NO6/c1-15(2)9-10-19-24(5,32-19)22-21(29-8)18(11-12-25(22)14-30-25)31-20(27)13-17(16(3)4)23(28)26(6)7;1-12(2)5-6-15-20(3,29-15)17-16(26-4)14(7-9-21(17)11-27-21)28-19(25)22-10-8-13(23)18(22)24;1-13(2)6-7-15-20(4,28-15)17-16(25-5)14(8-9-21(17)12-26-21)27-18(23)22-10-19(3,24)11-22;1-14(2)7-8-16-20(3,27-16)18-17(24-4)15(9-10-21(18)13-25-21)26-19(23)22-11-5-6-12-22;1-12(2)5-6-15-19(3,27-15)17-16(24-4)14(7-8-20(17)11-25-20)26-18(23)21-9-13(22)10-21/h9,16-19,21-22H,10-14H2,1-8H3;5,13-18,23-24H,6-11H2,1-4H3;6,14-17,24H,7-12H2,1-5H3;7,15-18H,5-6,8-13H2,1-4H3;5,13-17,22H,6-11H2,1-4H3/t17?,18-,19-,21-,22-,24+,25?;13?,14-,15-,16-,17-,18?,20+,21?;14-,15-,16-,17-,20+,21?;15-,16-,17-,18-,20+,21?;14-,15-,16-,17-,19+,20?/m11111/s1. The average Bonchev–Trinajstić information content (AvgIpc) is 1.56. The van der Waals surface area contributed by atoms with E-state index in [2.05, 4.69) is 134 Å². The molecule has 0 aromatic carbocycles. The number of rotatable bonds is 29. The summed E-state index contributed by atoms with van der Waals surface area (Å²) in [7, 11) is 11.8. The van der Waals surface area contributed by atoms with Gasteiger partial charge >= 0.3 is 30.3 Å². The molecule has 5 aliphatic carbocycles. The molecule has 35 heteroatoms. The van der Waals surface area contributed by atoms with Crippen molar-refractivity contribution < 1.29 is 144 Å². The van der Waals surface area contributed by atoms with Crippen LogP contribution in [0.25, 0.3) is 0 Å². The van der Waals surface area contributed by atoms with Crippen LogP contribution in [0.3, 0.4) is 0 Å². The topological polar surface area (TPSA) is 417 Å². The van der Waals surface area contributed by atoms with Crippen molar-refractivity contribution in [3.63, 3.8) is 0 Å². The minimum atomic E-state index is -1.22. The summed E-state index contributed by atoms with van der Waals surface area (Å²) in [4.78, 5) is 83.0. The van der Waals surface area contributed by atoms with E-state index in [1.807, 2.05) is 18.7 Å². The molecule has 33 atom stereocenters. The molecule has 35 nitrogen and oxygen atoms in total. The minimum Gasteiger partial charge on any atom is -0.460 e. The second kappa shape index (κ2) is 43.4. The van der Waals surface area contributed by atoms with Crippen LogP contribution >= 0.6 is 0 Å². The zero-order chi connectivity index (χ0) is 104. The first-order valence-electron chi connectivity index (χ1n) is 52.9. The highest BCUT2D eigenvalue weighted by Gasteiger charge is 2.78. The number of aliphatic hydroxyl groups is 4. The number of carbonyl (C=O) groups is 6. The van der Waals surface area contributed by atoms with E-state index in [9.17, 15) is 49.2 Å². The Kier molecular flexibility index (Phi) is 33.7. The number of amides is 5. The summed E-state index contributed by atoms with van der Waals surface area (Å²) in [6.07, 6.45) is 18.9. The molecule has 0 aromatic rings. The van der Waals surface area contributed by atoms with Crippen LogP contribution in [0, 0.1) is 41.4 Å². The molecule has 5 saturated carbocycles. The number of nitrogens with zero attached hydrogens (tertiary/aromatic N) is 5. The van der Waals surface area contributed by atoms with E-state index in [1.165, 1.54) is 42.6 Å². The highest BCUT2D eigenvalue weighted by atomic mass is 16.7. The number of carbonyl (C=O) groups excluding carboxylic acids is 6. The number of allylic oxidation sites excluding steroid dienone is 5. The van der Waals surface area contributed by atoms with Crippen LogP contribution in [0.5, 0.6) is 0 Å². The molecular weight excluding hydrogens is 1850 g/mol. The molecule has 4 N–H and O–H groups in total. The molecule has 8 unspecified atom stereocenters. The lowest BCUT2D eigenvalue weighted by Crippen LogP contribution is -2.63. The van der Waals surface area contributed by atoms with Gasteiger partial charge in [-0.25, -0.2) is 19.2 Å². The van der Waals surface area contributed by atoms with Crippen LogP contribution < -0.4 is 0 Å². The van der Waals surface area contributed by atoms with Gasteiger partial charge in [-0.05, 0) is 232 Å². The number of aliphatic hydroxyl groups excluding tert-OH is 3. The Morgan fingerprint density at radius 1 is 0.385 bits per heavy atom. The molecule has 0 aromatic heterocycles. The Bertz CT molecular complexity index is 4610. The van der Waals surface area contributed by atoms with E-state index in [1.54, 1.807) is 61.5 Å². The monoisotopic (exact) mass is 2020 g/mol. The SMILES string of the molecule is CO[C@@H]1[C@H](OC(=O)CC(C(=O)N(C)C)C(C)C)CCC2(CO2)[C@H]1[C@@]1(C)O[C@@H]1CC=C(C)C.CO[C@@H]1[C@H](OC(=O)N2CC(C)(O)C2)CCC2(CO2)[C@H]1[C@@]1(C)O[C@@H]1CC=C(C)C.CO[C@@H]1[C@H](OC(=O)N2CC(O)C2)CCC2(CO2)[C@H]1[C@@]1(C)O[C@@H]1CC=C(C)C.CO[C@@H]1[C@H](OC(=O)N2CCC(O)C2O)CCC2(CO2)[C@H]1[C@@]1(C)O[C@@H]1CC=C(C)C.CO[C@@H]1[C@H](OC(=O)N2CCCC2)CCC2(CO2)[C@H]1[C@@]1(C)O[C@@H]1CC=C(C)C. The number of hydrogen-bond donors (Lipinski definition) is 4. The van der Waals surface area contributed by atoms with Crippen LogP contribution in [0.2, 0.25) is 0 Å². The molecule has 19 rings (SSSR count). The Hall–Kier alpha value is -6.04. The van der Waals surface area contributed by atoms with Crippen molar-refractivity contribution in [2.45, 2.75) is 418 Å². The maximum absolute atomic E-state index is 12.9. The van der Waals surface area contributed by atoms with E-state index >= 15 is 0 Å². The lowest BCUT2D eigenvalue weighted by atomic mass is 9.68. The van der Waals surface area contributed by atoms with E-state index in [4.69, 9.17) is 94.7 Å². The Labute approximate surface area is 846 Å². The predicted octanol–water partition coefficient (Wildman–Crippen LogP) is 12.4. The summed E-state index contributed by atoms with van der Waals surface area (Å²) in [5.74, 6) is -0.668. The Morgan fingerprint density at radius 2 is 0.650 bits per heavy atom. The molecule has 19 aliphatic rings. The Balaban J connectivity index is 0.000000135. The van der Waals surface area contributed by atoms with Crippen molar-refractivity contribution in [1.29, 1.82) is 0 Å². The van der Waals surface area contributed by atoms with Crippen molar-refractivity contribution in [1.82, 2.24) is 24.5 Å². The van der Waals surface area contributed by atoms with E-state index < -0.39 is 47.8 Å². The number of β-amino-alcohol motifs (C(OH)–C–C–N with tert-alkyl or cyclic N) is 2. The van der Waals surface area contributed by atoms with Gasteiger partial charge in [-0.3, -0.25) is 14.5 Å². The fraction of sp³-hybridized carbons (Fsp3) is 0.852. The number of hydrogen-bond acceptors (Lipinski definition) is 30. The van der Waals surface area contributed by atoms with Gasteiger partial charge in [0.1, 0.15) is 123 Å². The van der Waals surface area contributed by atoms with Gasteiger partial charge in [0, 0.05) is 69.3 Å². The first-order chi connectivity index (χ1) is 67.4. The van der Waals surface area contributed by atoms with Crippen molar-refractivity contribution in [3.05, 3.63) is 58.2 Å². The molecule has 14 saturated heterocycles. The van der Waals surface area contributed by atoms with Gasteiger partial charge in [0.05, 0.1) is 143 Å². The number of esters is 1. The van der Waals surface area contributed by atoms with E-state index in [0.29, 0.717) is 84.7 Å². The van der Waals surface area contributed by atoms with Gasteiger partial charge in [0.15, 0.2) is 6.23 Å². The van der Waals surface area contributed by atoms with Crippen LogP contribution in [-0.2, 0) is 104 Å². The third kappa shape index (κ3) is 24.0. The largest absolute Gasteiger partial charge is 0.460 e. The highest BCUT2D eigenvalue weighted by Crippen LogP contribution is 2.66. The van der Waals surface area contributed by atoms with Gasteiger partial charge in [0.25, 0.3) is 0 Å². The fourth-order valence-corrected chi connectivity index (χ4v) is 25.9. The Morgan fingerprint density at radius 3 is 0.881 bits per heavy atom. The quantitative estimate of drug-likeness (QED) is 0.0234. The highest BCUT2D eigenvalue weighted by molar-refractivity contribution is 5.84. The van der Waals surface area contributed by atoms with Gasteiger partial charge in [0.2, 0.25) is 5.91 Å². The van der Waals surface area contributed by atoms with Gasteiger partial charge in [-0.2, -0.15) is 0 Å². The predicted molar refractivity (Wildman–Crippen MR) is 524 cm³/mol. The molecule has 14 heterocycles. The maximum atomic E-state index is 12.9. The summed E-state index contributed by atoms with van der Waals surface area (Å²) >= 11 is 0. The summed E-state index contributed by atoms with van der Waals surface area (Å²) < 4.78 is 119. The smallest absolute Gasteiger partial charge is 0.412 e. The van der Waals surface area contributed by atoms with Crippen LogP contribution in [0.1, 0.15) is 247 Å². The lowest BCUT2D eigenvalue weighted by molar-refractivity contribution is -0.174. The van der Waals surface area contributed by atoms with Crippen LogP contribution in [0.15, 0.2) is 58.2 Å². The van der Waals surface area contributed by atoms with Crippen molar-refractivity contribution in [2.75, 3.05) is 128 Å². The van der Waals surface area contributed by atoms with Gasteiger partial charge in [-0.15, -0.1) is 0 Å². The zero-order valence-electron chi connectivity index (χ0n) is 89.9. The number of methoxy groups -OCH3 is 5. The minimum absolute atomic E-state index is 0.00795. The summed E-state index contributed by atoms with van der Waals surface area (Å²) in [6, 6.07) is 0. The molecule has 19 fully saturated rings. The second-order valence-electron chi connectivity index (χ2n) is 47.5. The fourth-order valence-electron chi connectivity index (χ4n) is 25.9. The van der Waals surface area contributed by atoms with E-state index in [-0.39, 0.29) is 214 Å². The zero-order valence-corrected chi connectivity index (χ0v) is 89.9. The van der Waals surface area contributed by atoms with Gasteiger partial charge in [-0.1, -0.05) is 72.1 Å². The molecular formula is C108H171N5O30. The first kappa shape index (κ1) is 111. The number of likely N-dealkylation sites (tertiary alicyclic amines) is 4. The average molecular weight is 2020 g/mol. The van der Waals surface area contributed by atoms with Gasteiger partial charge < -0.3 is 135 Å². The molecule has 5 spiro atoms. The molecule has 143 heavy (non-hydrogen) atoms. The summed E-state index contributed by atoms with van der Waals surface area (Å²) in [5, 5.41) is 39.0. The van der Waals surface area contributed by atoms with Crippen molar-refractivity contribution in [3.8, 4) is 0 Å². The molecule has 14 aliphatic heterocycles. The third-order valence-electron chi connectivity index (χ3n) is 34.8. The molecule has 0 radical (unpaired) electrons. The number of ether oxygens (including phenoxy) is 20. The molecule has 5 amide bonds. The summed E-state index contributed by atoms with van der Waals surface area (Å²) in [6.45, 7) is 43.9. The van der Waals surface area contributed by atoms with Crippen LogP contribution in [0.4, 0.5) is 19.2 Å². The van der Waals surface area contributed by atoms with Crippen molar-refractivity contribution in [2.24, 2.45) is 41.4 Å². The number of epoxide rings is 10. The lowest BCUT2D eigenvalue weighted by Gasteiger charge is -2.46. The van der Waals surface area contributed by atoms with Crippen LogP contribution in [-0.4, -0.2) is 381 Å². The van der Waals surface area contributed by atoms with E-state index in [0.717, 1.165) is 103 Å². The molecule has 0 bridgehead atoms. The normalized spacial score (nSPS) is 42.2. The van der Waals surface area contributed by atoms with Crippen molar-refractivity contribution >= 4 is 36.2 Å². The first-order valence-corrected chi connectivity index (χ1v) is 52.9. The second-order valence-corrected chi connectivity index (χ2v) is 47.5. The summed E-state index contributed by atoms with van der Waals surface area (Å²) in [5.41, 5.74) is 2.71. The maximum Gasteiger partial charge on any atom is 0.412 e. The molecule has 808 valence electrons.